The maximum absolute atomic E-state index is 12.4. The molecule has 1 aromatic heterocycles. The fourth-order valence-electron chi connectivity index (χ4n) is 2.93. The minimum absolute atomic E-state index is 0.00437. The summed E-state index contributed by atoms with van der Waals surface area (Å²) in [4.78, 5) is 35.6. The van der Waals surface area contributed by atoms with Crippen molar-refractivity contribution in [3.8, 4) is 5.75 Å². The number of rotatable bonds is 8. The second-order valence-corrected chi connectivity index (χ2v) is 7.09. The van der Waals surface area contributed by atoms with E-state index in [1.165, 1.54) is 11.8 Å². The van der Waals surface area contributed by atoms with E-state index in [4.69, 9.17) is 14.3 Å². The number of aryl methyl sites for hydroxylation is 2. The van der Waals surface area contributed by atoms with Gasteiger partial charge in [0.1, 0.15) is 17.4 Å². The van der Waals surface area contributed by atoms with E-state index in [0.29, 0.717) is 16.9 Å². The monoisotopic (exact) mass is 393 g/mol. The molecule has 2 aromatic rings. The summed E-state index contributed by atoms with van der Waals surface area (Å²) in [5.41, 5.74) is 1.87. The third-order valence-electron chi connectivity index (χ3n) is 4.44. The van der Waals surface area contributed by atoms with Gasteiger partial charge in [-0.05, 0) is 44.2 Å². The molecule has 0 spiro atoms. The predicted octanol–water partition coefficient (Wildman–Crippen LogP) is 2.28. The highest BCUT2D eigenvalue weighted by atomic mass is 32.2. The molecule has 8 heteroatoms. The van der Waals surface area contributed by atoms with Crippen molar-refractivity contribution in [3.05, 3.63) is 39.2 Å². The van der Waals surface area contributed by atoms with E-state index in [0.717, 1.165) is 16.5 Å². The molecule has 1 amide bonds. The average Bonchev–Trinajstić information content (AvgIpc) is 2.62. The van der Waals surface area contributed by atoms with Gasteiger partial charge in [0.15, 0.2) is 0 Å². The first-order chi connectivity index (χ1) is 12.8. The molecule has 1 aromatic carbocycles. The number of carbonyl (C=O) groups is 2. The van der Waals surface area contributed by atoms with E-state index in [2.05, 4.69) is 5.32 Å². The highest BCUT2D eigenvalue weighted by Crippen LogP contribution is 2.29. The molecule has 1 heterocycles. The fourth-order valence-corrected chi connectivity index (χ4v) is 3.49. The van der Waals surface area contributed by atoms with Crippen molar-refractivity contribution in [2.75, 3.05) is 19.1 Å². The van der Waals surface area contributed by atoms with Crippen molar-refractivity contribution in [1.29, 1.82) is 0 Å². The van der Waals surface area contributed by atoms with Crippen LogP contribution in [-0.2, 0) is 16.0 Å². The summed E-state index contributed by atoms with van der Waals surface area (Å²) in [6.07, 6.45) is 1.94. The lowest BCUT2D eigenvalue weighted by Gasteiger charge is -2.14. The number of hydrogen-bond donors (Lipinski definition) is 2. The van der Waals surface area contributed by atoms with Gasteiger partial charge in [-0.3, -0.25) is 4.79 Å². The van der Waals surface area contributed by atoms with Crippen LogP contribution in [0.15, 0.2) is 21.3 Å². The van der Waals surface area contributed by atoms with Gasteiger partial charge in [-0.2, -0.15) is 11.8 Å². The number of fused-ring (bicyclic) bond motifs is 1. The molecule has 0 saturated heterocycles. The third-order valence-corrected chi connectivity index (χ3v) is 5.11. The first kappa shape index (κ1) is 20.8. The Bertz CT molecular complexity index is 921. The summed E-state index contributed by atoms with van der Waals surface area (Å²) in [5.74, 6) is -0.588. The van der Waals surface area contributed by atoms with Gasteiger partial charge in [-0.25, -0.2) is 9.59 Å². The topological polar surface area (TPSA) is 106 Å². The molecule has 0 saturated carbocycles. The zero-order valence-electron chi connectivity index (χ0n) is 15.8. The van der Waals surface area contributed by atoms with Crippen LogP contribution in [0.5, 0.6) is 5.75 Å². The first-order valence-electron chi connectivity index (χ1n) is 8.41. The normalized spacial score (nSPS) is 12.0. The van der Waals surface area contributed by atoms with Crippen LogP contribution >= 0.6 is 11.8 Å². The maximum atomic E-state index is 12.4. The van der Waals surface area contributed by atoms with Crippen molar-refractivity contribution in [2.45, 2.75) is 32.7 Å². The summed E-state index contributed by atoms with van der Waals surface area (Å²) in [6, 6.07) is 2.68. The van der Waals surface area contributed by atoms with E-state index in [9.17, 15) is 14.4 Å². The van der Waals surface area contributed by atoms with Crippen molar-refractivity contribution < 1.29 is 23.8 Å². The Kier molecular flexibility index (Phi) is 6.90. The van der Waals surface area contributed by atoms with E-state index < -0.39 is 23.5 Å². The van der Waals surface area contributed by atoms with E-state index in [1.54, 1.807) is 19.4 Å². The number of aliphatic carboxylic acids is 1. The number of hydrogen-bond acceptors (Lipinski definition) is 6. The lowest BCUT2D eigenvalue weighted by molar-refractivity contribution is -0.141. The number of carboxylic acids is 1. The Morgan fingerprint density at radius 2 is 2.00 bits per heavy atom. The number of carbonyl (C=O) groups excluding carboxylic acids is 1. The Morgan fingerprint density at radius 3 is 2.59 bits per heavy atom. The van der Waals surface area contributed by atoms with Gasteiger partial charge in [0.25, 0.3) is 0 Å². The predicted molar refractivity (Wildman–Crippen MR) is 105 cm³/mol. The maximum Gasteiger partial charge on any atom is 0.339 e. The number of thioether (sulfide) groups is 1. The van der Waals surface area contributed by atoms with Gasteiger partial charge in [0, 0.05) is 28.7 Å². The second-order valence-electron chi connectivity index (χ2n) is 6.18. The standard InChI is InChI=1S/C19H23NO6S/c1-10-12-5-7-15(25-3)11(2)17(12)26-19(24)13(10)6-8-16(21)20-14(9-27-4)18(22)23/h5,7,14H,6,8-9H2,1-4H3,(H,20,21)(H,22,23)/t14-/m0/s1. The van der Waals surface area contributed by atoms with Crippen molar-refractivity contribution >= 4 is 34.6 Å². The Morgan fingerprint density at radius 1 is 1.30 bits per heavy atom. The molecule has 1 atom stereocenters. The van der Waals surface area contributed by atoms with Crippen LogP contribution in [-0.4, -0.2) is 42.1 Å². The number of benzene rings is 1. The van der Waals surface area contributed by atoms with Crippen LogP contribution in [0.4, 0.5) is 0 Å². The number of ether oxygens (including phenoxy) is 1. The Labute approximate surface area is 161 Å². The average molecular weight is 393 g/mol. The summed E-state index contributed by atoms with van der Waals surface area (Å²) >= 11 is 1.33. The number of amides is 1. The number of carboxylic acid groups (broad SMARTS) is 1. The number of nitrogens with one attached hydrogen (secondary N) is 1. The van der Waals surface area contributed by atoms with Crippen LogP contribution < -0.4 is 15.7 Å². The summed E-state index contributed by atoms with van der Waals surface area (Å²) in [5, 5.41) is 12.4. The molecule has 0 bridgehead atoms. The molecule has 0 aliphatic rings. The molecule has 146 valence electrons. The van der Waals surface area contributed by atoms with Gasteiger partial charge < -0.3 is 19.6 Å². The van der Waals surface area contributed by atoms with Crippen molar-refractivity contribution in [1.82, 2.24) is 5.32 Å². The molecule has 2 N–H and O–H groups in total. The van der Waals surface area contributed by atoms with Crippen LogP contribution in [0.3, 0.4) is 0 Å². The van der Waals surface area contributed by atoms with E-state index in [1.807, 2.05) is 19.9 Å². The van der Waals surface area contributed by atoms with Gasteiger partial charge in [0.05, 0.1) is 7.11 Å². The van der Waals surface area contributed by atoms with Gasteiger partial charge in [0.2, 0.25) is 5.91 Å². The second kappa shape index (κ2) is 8.94. The molecular weight excluding hydrogens is 370 g/mol. The highest BCUT2D eigenvalue weighted by molar-refractivity contribution is 7.98. The largest absolute Gasteiger partial charge is 0.496 e. The summed E-state index contributed by atoms with van der Waals surface area (Å²) < 4.78 is 10.7. The molecular formula is C19H23NO6S. The molecule has 27 heavy (non-hydrogen) atoms. The Hall–Kier alpha value is -2.48. The molecule has 0 fully saturated rings. The molecule has 0 aliphatic heterocycles. The van der Waals surface area contributed by atoms with Crippen molar-refractivity contribution in [2.24, 2.45) is 0 Å². The number of methoxy groups -OCH3 is 1. The molecule has 0 radical (unpaired) electrons. The smallest absolute Gasteiger partial charge is 0.339 e. The fraction of sp³-hybridized carbons (Fsp3) is 0.421. The van der Waals surface area contributed by atoms with E-state index in [-0.39, 0.29) is 18.6 Å². The molecule has 7 nitrogen and oxygen atoms in total. The van der Waals surface area contributed by atoms with Crippen LogP contribution in [0.25, 0.3) is 11.0 Å². The van der Waals surface area contributed by atoms with E-state index >= 15 is 0 Å². The molecule has 0 unspecified atom stereocenters. The Balaban J connectivity index is 2.23. The minimum Gasteiger partial charge on any atom is -0.496 e. The molecule has 2 rings (SSSR count). The van der Waals surface area contributed by atoms with Crippen LogP contribution in [0.1, 0.15) is 23.1 Å². The lowest BCUT2D eigenvalue weighted by atomic mass is 10.00. The minimum atomic E-state index is -1.08. The molecule has 0 aliphatic carbocycles. The van der Waals surface area contributed by atoms with Gasteiger partial charge >= 0.3 is 11.6 Å². The zero-order valence-corrected chi connectivity index (χ0v) is 16.6. The van der Waals surface area contributed by atoms with Crippen LogP contribution in [0, 0.1) is 13.8 Å². The van der Waals surface area contributed by atoms with Crippen molar-refractivity contribution in [3.63, 3.8) is 0 Å². The van der Waals surface area contributed by atoms with Crippen LogP contribution in [0.2, 0.25) is 0 Å². The zero-order chi connectivity index (χ0) is 20.1. The first-order valence-corrected chi connectivity index (χ1v) is 9.80. The van der Waals surface area contributed by atoms with Gasteiger partial charge in [-0.15, -0.1) is 0 Å². The highest BCUT2D eigenvalue weighted by Gasteiger charge is 2.20. The SMILES string of the molecule is COc1ccc2c(C)c(CCC(=O)N[C@@H](CSC)C(=O)O)c(=O)oc2c1C. The quantitative estimate of drug-likeness (QED) is 0.663. The summed E-state index contributed by atoms with van der Waals surface area (Å²) in [6.45, 7) is 3.63. The summed E-state index contributed by atoms with van der Waals surface area (Å²) in [7, 11) is 1.55. The third kappa shape index (κ3) is 4.63. The van der Waals surface area contributed by atoms with Gasteiger partial charge in [-0.1, -0.05) is 0 Å². The lowest BCUT2D eigenvalue weighted by Crippen LogP contribution is -2.42.